The van der Waals surface area contributed by atoms with Crippen LogP contribution in [0, 0.1) is 0 Å². The van der Waals surface area contributed by atoms with Crippen LogP contribution in [0.1, 0.15) is 12.5 Å². The zero-order valence-corrected chi connectivity index (χ0v) is 8.16. The second kappa shape index (κ2) is 4.35. The van der Waals surface area contributed by atoms with E-state index < -0.39 is 0 Å². The number of pyridine rings is 1. The predicted molar refractivity (Wildman–Crippen MR) is 52.5 cm³/mol. The molecule has 0 aliphatic heterocycles. The molecule has 0 spiro atoms. The normalized spacial score (nSPS) is 15.3. The Hall–Kier alpha value is -0.930. The van der Waals surface area contributed by atoms with E-state index in [9.17, 15) is 0 Å². The average Bonchev–Trinajstić information content (AvgIpc) is 2.19. The van der Waals surface area contributed by atoms with Crippen LogP contribution in [0.4, 0.5) is 0 Å². The van der Waals surface area contributed by atoms with Gasteiger partial charge in [0, 0.05) is 31.5 Å². The standard InChI is InChI=1S/C10H16N2O/c1-10(7-11,8-13-2)9-3-5-12-6-4-9/h3-6H,7-8,11H2,1-2H3. The average molecular weight is 180 g/mol. The van der Waals surface area contributed by atoms with Crippen molar-refractivity contribution in [2.75, 3.05) is 20.3 Å². The van der Waals surface area contributed by atoms with Gasteiger partial charge in [0.15, 0.2) is 0 Å². The summed E-state index contributed by atoms with van der Waals surface area (Å²) in [6, 6.07) is 3.96. The van der Waals surface area contributed by atoms with Crippen molar-refractivity contribution < 1.29 is 4.74 Å². The number of aromatic nitrogens is 1. The molecule has 0 saturated carbocycles. The van der Waals surface area contributed by atoms with Gasteiger partial charge in [0.1, 0.15) is 0 Å². The van der Waals surface area contributed by atoms with E-state index >= 15 is 0 Å². The Labute approximate surface area is 78.9 Å². The van der Waals surface area contributed by atoms with Gasteiger partial charge >= 0.3 is 0 Å². The van der Waals surface area contributed by atoms with Gasteiger partial charge in [-0.05, 0) is 17.7 Å². The number of hydrogen-bond acceptors (Lipinski definition) is 3. The quantitative estimate of drug-likeness (QED) is 0.750. The Balaban J connectivity index is 2.89. The lowest BCUT2D eigenvalue weighted by molar-refractivity contribution is 0.141. The summed E-state index contributed by atoms with van der Waals surface area (Å²) in [4.78, 5) is 3.97. The number of methoxy groups -OCH3 is 1. The smallest absolute Gasteiger partial charge is 0.0568 e. The highest BCUT2D eigenvalue weighted by atomic mass is 16.5. The molecule has 72 valence electrons. The Morgan fingerprint density at radius 3 is 2.54 bits per heavy atom. The maximum absolute atomic E-state index is 5.72. The van der Waals surface area contributed by atoms with Crippen molar-refractivity contribution in [1.29, 1.82) is 0 Å². The van der Waals surface area contributed by atoms with Crippen LogP contribution in [-0.2, 0) is 10.2 Å². The second-order valence-corrected chi connectivity index (χ2v) is 3.43. The molecule has 3 heteroatoms. The first kappa shape index (κ1) is 10.2. The van der Waals surface area contributed by atoms with Gasteiger partial charge in [0.2, 0.25) is 0 Å². The minimum atomic E-state index is -0.0995. The van der Waals surface area contributed by atoms with Crippen LogP contribution in [0.15, 0.2) is 24.5 Å². The fourth-order valence-corrected chi connectivity index (χ4v) is 1.33. The van der Waals surface area contributed by atoms with Crippen molar-refractivity contribution in [2.45, 2.75) is 12.3 Å². The number of ether oxygens (including phenoxy) is 1. The third kappa shape index (κ3) is 2.26. The lowest BCUT2D eigenvalue weighted by Crippen LogP contribution is -2.36. The monoisotopic (exact) mass is 180 g/mol. The van der Waals surface area contributed by atoms with Gasteiger partial charge in [-0.3, -0.25) is 4.98 Å². The predicted octanol–water partition coefficient (Wildman–Crippen LogP) is 0.944. The van der Waals surface area contributed by atoms with E-state index in [0.29, 0.717) is 13.2 Å². The summed E-state index contributed by atoms with van der Waals surface area (Å²) in [5.74, 6) is 0. The molecule has 2 N–H and O–H groups in total. The molecule has 3 nitrogen and oxygen atoms in total. The molecule has 1 heterocycles. The number of rotatable bonds is 4. The molecule has 0 aliphatic carbocycles. The topological polar surface area (TPSA) is 48.1 Å². The van der Waals surface area contributed by atoms with Crippen molar-refractivity contribution in [3.05, 3.63) is 30.1 Å². The van der Waals surface area contributed by atoms with Gasteiger partial charge in [0.05, 0.1) is 6.61 Å². The Kier molecular flexibility index (Phi) is 3.39. The minimum absolute atomic E-state index is 0.0995. The van der Waals surface area contributed by atoms with Crippen molar-refractivity contribution in [2.24, 2.45) is 5.73 Å². The van der Waals surface area contributed by atoms with E-state index in [1.165, 1.54) is 5.56 Å². The Bertz CT molecular complexity index is 250. The van der Waals surface area contributed by atoms with E-state index in [1.54, 1.807) is 19.5 Å². The van der Waals surface area contributed by atoms with E-state index in [0.717, 1.165) is 0 Å². The van der Waals surface area contributed by atoms with Crippen LogP contribution in [0.5, 0.6) is 0 Å². The van der Waals surface area contributed by atoms with Gasteiger partial charge in [-0.25, -0.2) is 0 Å². The minimum Gasteiger partial charge on any atom is -0.384 e. The molecule has 0 fully saturated rings. The van der Waals surface area contributed by atoms with Gasteiger partial charge in [0.25, 0.3) is 0 Å². The maximum atomic E-state index is 5.72. The fraction of sp³-hybridized carbons (Fsp3) is 0.500. The fourth-order valence-electron chi connectivity index (χ4n) is 1.33. The van der Waals surface area contributed by atoms with Crippen LogP contribution < -0.4 is 5.73 Å². The van der Waals surface area contributed by atoms with Crippen LogP contribution in [0.2, 0.25) is 0 Å². The zero-order valence-electron chi connectivity index (χ0n) is 8.16. The molecular weight excluding hydrogens is 164 g/mol. The lowest BCUT2D eigenvalue weighted by atomic mass is 9.84. The summed E-state index contributed by atoms with van der Waals surface area (Å²) in [6.07, 6.45) is 3.55. The largest absolute Gasteiger partial charge is 0.384 e. The first-order valence-corrected chi connectivity index (χ1v) is 4.32. The highest BCUT2D eigenvalue weighted by Gasteiger charge is 2.24. The number of nitrogens with two attached hydrogens (primary N) is 1. The molecule has 13 heavy (non-hydrogen) atoms. The van der Waals surface area contributed by atoms with Crippen LogP contribution in [0.25, 0.3) is 0 Å². The van der Waals surface area contributed by atoms with Gasteiger partial charge in [-0.15, -0.1) is 0 Å². The molecule has 1 rings (SSSR count). The van der Waals surface area contributed by atoms with E-state index in [1.807, 2.05) is 12.1 Å². The summed E-state index contributed by atoms with van der Waals surface area (Å²) in [6.45, 7) is 3.30. The van der Waals surface area contributed by atoms with Gasteiger partial charge in [-0.1, -0.05) is 6.92 Å². The SMILES string of the molecule is COCC(C)(CN)c1ccncc1. The van der Waals surface area contributed by atoms with Crippen LogP contribution in [-0.4, -0.2) is 25.2 Å². The molecule has 1 atom stereocenters. The van der Waals surface area contributed by atoms with E-state index in [2.05, 4.69) is 11.9 Å². The Morgan fingerprint density at radius 2 is 2.08 bits per heavy atom. The highest BCUT2D eigenvalue weighted by molar-refractivity contribution is 5.22. The molecule has 0 aliphatic rings. The first-order chi connectivity index (χ1) is 6.23. The molecule has 0 radical (unpaired) electrons. The lowest BCUT2D eigenvalue weighted by Gasteiger charge is -2.27. The van der Waals surface area contributed by atoms with Crippen molar-refractivity contribution >= 4 is 0 Å². The molecule has 1 aromatic rings. The van der Waals surface area contributed by atoms with Gasteiger partial charge in [-0.2, -0.15) is 0 Å². The second-order valence-electron chi connectivity index (χ2n) is 3.43. The molecular formula is C10H16N2O. The van der Waals surface area contributed by atoms with Crippen LogP contribution in [0.3, 0.4) is 0 Å². The number of nitrogens with zero attached hydrogens (tertiary/aromatic N) is 1. The third-order valence-electron chi connectivity index (χ3n) is 2.29. The summed E-state index contributed by atoms with van der Waals surface area (Å²) >= 11 is 0. The summed E-state index contributed by atoms with van der Waals surface area (Å²) in [7, 11) is 1.69. The summed E-state index contributed by atoms with van der Waals surface area (Å²) in [5.41, 5.74) is 6.80. The van der Waals surface area contributed by atoms with E-state index in [4.69, 9.17) is 10.5 Å². The molecule has 0 amide bonds. The van der Waals surface area contributed by atoms with Crippen LogP contribution >= 0.6 is 0 Å². The van der Waals surface area contributed by atoms with E-state index in [-0.39, 0.29) is 5.41 Å². The molecule has 0 bridgehead atoms. The molecule has 0 saturated heterocycles. The first-order valence-electron chi connectivity index (χ1n) is 4.32. The molecule has 1 aromatic heterocycles. The molecule has 1 unspecified atom stereocenters. The zero-order chi connectivity index (χ0) is 9.73. The Morgan fingerprint density at radius 1 is 1.46 bits per heavy atom. The van der Waals surface area contributed by atoms with Crippen molar-refractivity contribution in [3.8, 4) is 0 Å². The number of hydrogen-bond donors (Lipinski definition) is 1. The van der Waals surface area contributed by atoms with Gasteiger partial charge < -0.3 is 10.5 Å². The van der Waals surface area contributed by atoms with Crippen molar-refractivity contribution in [3.63, 3.8) is 0 Å². The summed E-state index contributed by atoms with van der Waals surface area (Å²) < 4.78 is 5.15. The molecule has 0 aromatic carbocycles. The summed E-state index contributed by atoms with van der Waals surface area (Å²) in [5, 5.41) is 0. The maximum Gasteiger partial charge on any atom is 0.0568 e. The van der Waals surface area contributed by atoms with Crippen molar-refractivity contribution in [1.82, 2.24) is 4.98 Å². The highest BCUT2D eigenvalue weighted by Crippen LogP contribution is 2.21. The third-order valence-corrected chi connectivity index (χ3v) is 2.29.